The van der Waals surface area contributed by atoms with Crippen LogP contribution in [0.5, 0.6) is 0 Å². The average molecular weight is 247 g/mol. The molecule has 0 unspecified atom stereocenters. The van der Waals surface area contributed by atoms with Crippen LogP contribution in [0.1, 0.15) is 10.4 Å². The third kappa shape index (κ3) is 2.57. The van der Waals surface area contributed by atoms with Crippen molar-refractivity contribution in [1.82, 2.24) is 5.32 Å². The summed E-state index contributed by atoms with van der Waals surface area (Å²) in [4.78, 5) is 11.7. The molecule has 0 atom stereocenters. The molecule has 4 N–H and O–H groups in total. The van der Waals surface area contributed by atoms with Gasteiger partial charge in [0.1, 0.15) is 0 Å². The van der Waals surface area contributed by atoms with Gasteiger partial charge in [0, 0.05) is 23.8 Å². The van der Waals surface area contributed by atoms with Crippen molar-refractivity contribution in [3.63, 3.8) is 0 Å². The van der Waals surface area contributed by atoms with Gasteiger partial charge in [0.05, 0.1) is 11.3 Å². The zero-order valence-corrected chi connectivity index (χ0v) is 10.2. The molecule has 2 rings (SSSR count). The number of hydrogen-bond donors (Lipinski definition) is 3. The summed E-state index contributed by atoms with van der Waals surface area (Å²) in [5.74, 6) is -0.136. The van der Waals surface area contributed by atoms with E-state index in [2.05, 4.69) is 10.6 Å². The molecule has 4 nitrogen and oxygen atoms in total. The first-order valence-corrected chi connectivity index (χ1v) is 6.06. The average Bonchev–Trinajstić information content (AvgIpc) is 2.81. The van der Waals surface area contributed by atoms with Crippen molar-refractivity contribution >= 4 is 34.3 Å². The molecule has 1 heterocycles. The van der Waals surface area contributed by atoms with Crippen LogP contribution >= 0.6 is 11.3 Å². The van der Waals surface area contributed by atoms with Gasteiger partial charge in [0.2, 0.25) is 0 Å². The Morgan fingerprint density at radius 1 is 1.35 bits per heavy atom. The van der Waals surface area contributed by atoms with Gasteiger partial charge in [-0.3, -0.25) is 4.79 Å². The minimum atomic E-state index is -0.136. The van der Waals surface area contributed by atoms with Crippen LogP contribution in [0.15, 0.2) is 35.0 Å². The van der Waals surface area contributed by atoms with Crippen LogP contribution in [0.3, 0.4) is 0 Å². The van der Waals surface area contributed by atoms with E-state index in [-0.39, 0.29) is 5.91 Å². The molecule has 0 radical (unpaired) electrons. The molecule has 5 heteroatoms. The summed E-state index contributed by atoms with van der Waals surface area (Å²) in [6, 6.07) is 7.12. The number of carbonyl (C=O) groups excluding carboxylic acids is 1. The Morgan fingerprint density at radius 2 is 2.18 bits per heavy atom. The summed E-state index contributed by atoms with van der Waals surface area (Å²) >= 11 is 1.59. The molecule has 1 amide bonds. The van der Waals surface area contributed by atoms with E-state index in [1.807, 2.05) is 16.8 Å². The standard InChI is InChI=1S/C12H13N3OS/c1-14-12(16)10-3-2-8(13)6-11(10)15-9-4-5-17-7-9/h2-7,15H,13H2,1H3,(H,14,16). The van der Waals surface area contributed by atoms with Crippen LogP contribution in [0.4, 0.5) is 17.1 Å². The number of nitrogens with two attached hydrogens (primary N) is 1. The van der Waals surface area contributed by atoms with Gasteiger partial charge in [0.15, 0.2) is 0 Å². The molecule has 0 aliphatic carbocycles. The first kappa shape index (κ1) is 11.5. The summed E-state index contributed by atoms with van der Waals surface area (Å²) in [5.41, 5.74) is 8.59. The monoisotopic (exact) mass is 247 g/mol. The fraction of sp³-hybridized carbons (Fsp3) is 0.0833. The molecule has 2 aromatic rings. The van der Waals surface area contributed by atoms with Crippen molar-refractivity contribution in [2.24, 2.45) is 0 Å². The van der Waals surface area contributed by atoms with Crippen LogP contribution in [0.2, 0.25) is 0 Å². The summed E-state index contributed by atoms with van der Waals surface area (Å²) in [7, 11) is 1.60. The van der Waals surface area contributed by atoms with E-state index in [1.54, 1.807) is 36.6 Å². The van der Waals surface area contributed by atoms with Gasteiger partial charge in [-0.05, 0) is 29.6 Å². The van der Waals surface area contributed by atoms with Gasteiger partial charge < -0.3 is 16.4 Å². The largest absolute Gasteiger partial charge is 0.399 e. The minimum Gasteiger partial charge on any atom is -0.399 e. The lowest BCUT2D eigenvalue weighted by molar-refractivity contribution is 0.0964. The lowest BCUT2D eigenvalue weighted by atomic mass is 10.1. The molecule has 88 valence electrons. The van der Waals surface area contributed by atoms with Crippen LogP contribution in [0, 0.1) is 0 Å². The van der Waals surface area contributed by atoms with Crippen LogP contribution in [-0.4, -0.2) is 13.0 Å². The number of nitrogens with one attached hydrogen (secondary N) is 2. The van der Waals surface area contributed by atoms with Crippen molar-refractivity contribution in [1.29, 1.82) is 0 Å². The molecule has 0 bridgehead atoms. The summed E-state index contributed by atoms with van der Waals surface area (Å²) < 4.78 is 0. The maximum Gasteiger partial charge on any atom is 0.253 e. The fourth-order valence-electron chi connectivity index (χ4n) is 1.49. The number of amides is 1. The highest BCUT2D eigenvalue weighted by molar-refractivity contribution is 7.08. The van der Waals surface area contributed by atoms with Gasteiger partial charge in [-0.1, -0.05) is 0 Å². The highest BCUT2D eigenvalue weighted by Crippen LogP contribution is 2.24. The van der Waals surface area contributed by atoms with Crippen molar-refractivity contribution in [2.45, 2.75) is 0 Å². The van der Waals surface area contributed by atoms with E-state index < -0.39 is 0 Å². The van der Waals surface area contributed by atoms with Gasteiger partial charge in [0.25, 0.3) is 5.91 Å². The molecule has 0 aliphatic heterocycles. The Hall–Kier alpha value is -2.01. The molecular weight excluding hydrogens is 234 g/mol. The Morgan fingerprint density at radius 3 is 2.82 bits per heavy atom. The van der Waals surface area contributed by atoms with Gasteiger partial charge in [-0.25, -0.2) is 0 Å². The summed E-state index contributed by atoms with van der Waals surface area (Å²) in [5, 5.41) is 9.72. The second-order valence-electron chi connectivity index (χ2n) is 3.52. The predicted octanol–water partition coefficient (Wildman–Crippen LogP) is 2.43. The van der Waals surface area contributed by atoms with Gasteiger partial charge in [-0.15, -0.1) is 0 Å². The summed E-state index contributed by atoms with van der Waals surface area (Å²) in [6.45, 7) is 0. The maximum absolute atomic E-state index is 11.7. The van der Waals surface area contributed by atoms with Crippen LogP contribution in [-0.2, 0) is 0 Å². The second kappa shape index (κ2) is 4.88. The smallest absolute Gasteiger partial charge is 0.253 e. The lowest BCUT2D eigenvalue weighted by Crippen LogP contribution is -2.19. The number of anilines is 3. The third-order valence-electron chi connectivity index (χ3n) is 2.32. The van der Waals surface area contributed by atoms with Crippen LogP contribution in [0.25, 0.3) is 0 Å². The van der Waals surface area contributed by atoms with Crippen molar-refractivity contribution in [3.8, 4) is 0 Å². The van der Waals surface area contributed by atoms with E-state index in [0.717, 1.165) is 5.69 Å². The summed E-state index contributed by atoms with van der Waals surface area (Å²) in [6.07, 6.45) is 0. The van der Waals surface area contributed by atoms with E-state index in [0.29, 0.717) is 16.9 Å². The molecule has 0 aliphatic rings. The number of thiophene rings is 1. The Bertz CT molecular complexity index is 523. The molecule has 0 saturated carbocycles. The molecule has 0 saturated heterocycles. The van der Waals surface area contributed by atoms with Crippen LogP contribution < -0.4 is 16.4 Å². The van der Waals surface area contributed by atoms with E-state index in [9.17, 15) is 4.79 Å². The lowest BCUT2D eigenvalue weighted by Gasteiger charge is -2.10. The number of carbonyl (C=O) groups is 1. The predicted molar refractivity (Wildman–Crippen MR) is 71.8 cm³/mol. The molecule has 17 heavy (non-hydrogen) atoms. The zero-order chi connectivity index (χ0) is 12.3. The first-order chi connectivity index (χ1) is 8.20. The number of rotatable bonds is 3. The quantitative estimate of drug-likeness (QED) is 0.730. The first-order valence-electron chi connectivity index (χ1n) is 5.11. The Labute approximate surface area is 103 Å². The number of benzene rings is 1. The zero-order valence-electron chi connectivity index (χ0n) is 9.36. The molecule has 0 spiro atoms. The number of hydrogen-bond acceptors (Lipinski definition) is 4. The van der Waals surface area contributed by atoms with Crippen molar-refractivity contribution in [2.75, 3.05) is 18.1 Å². The highest BCUT2D eigenvalue weighted by atomic mass is 32.1. The van der Waals surface area contributed by atoms with E-state index in [4.69, 9.17) is 5.73 Å². The van der Waals surface area contributed by atoms with Gasteiger partial charge >= 0.3 is 0 Å². The topological polar surface area (TPSA) is 67.2 Å². The third-order valence-corrected chi connectivity index (χ3v) is 3.00. The van der Waals surface area contributed by atoms with Gasteiger partial charge in [-0.2, -0.15) is 11.3 Å². The van der Waals surface area contributed by atoms with Crippen molar-refractivity contribution < 1.29 is 4.79 Å². The SMILES string of the molecule is CNC(=O)c1ccc(N)cc1Nc1ccsc1. The normalized spacial score (nSPS) is 9.94. The molecular formula is C12H13N3OS. The number of nitrogen functional groups attached to an aromatic ring is 1. The van der Waals surface area contributed by atoms with E-state index >= 15 is 0 Å². The Balaban J connectivity index is 2.36. The highest BCUT2D eigenvalue weighted by Gasteiger charge is 2.10. The fourth-order valence-corrected chi connectivity index (χ4v) is 2.08. The second-order valence-corrected chi connectivity index (χ2v) is 4.30. The van der Waals surface area contributed by atoms with Crippen molar-refractivity contribution in [3.05, 3.63) is 40.6 Å². The minimum absolute atomic E-state index is 0.136. The maximum atomic E-state index is 11.7. The Kier molecular flexibility index (Phi) is 3.30. The molecule has 1 aromatic carbocycles. The molecule has 0 fully saturated rings. The molecule has 1 aromatic heterocycles. The van der Waals surface area contributed by atoms with E-state index in [1.165, 1.54) is 0 Å².